The average Bonchev–Trinajstić information content (AvgIpc) is 3.19. The van der Waals surface area contributed by atoms with Gasteiger partial charge in [-0.15, -0.1) is 0 Å². The molecule has 0 fully saturated rings. The standard InChI is InChI=1S/C23H17Cl2FN4O4S2/c1-12-8-15(27-10-14-4-3-5-18(34-2)20(14)31)11-28-22(12)36(32,33)30-23-29-19(21(25)35-23)13-6-7-17(26)16(24)9-13/h3-11,31H,1-2H3,(H,29,30)/b27-10+. The number of phenolic OH excluding ortho intramolecular Hbond substituents is 1. The van der Waals surface area contributed by atoms with E-state index in [2.05, 4.69) is 19.7 Å². The largest absolute Gasteiger partial charge is 0.504 e. The molecule has 0 spiro atoms. The van der Waals surface area contributed by atoms with Crippen LogP contribution in [0.15, 0.2) is 58.7 Å². The number of methoxy groups -OCH3 is 1. The number of anilines is 1. The summed E-state index contributed by atoms with van der Waals surface area (Å²) in [4.78, 5) is 12.5. The summed E-state index contributed by atoms with van der Waals surface area (Å²) in [7, 11) is -2.67. The van der Waals surface area contributed by atoms with Crippen molar-refractivity contribution < 1.29 is 22.7 Å². The highest BCUT2D eigenvalue weighted by atomic mass is 35.5. The molecule has 36 heavy (non-hydrogen) atoms. The summed E-state index contributed by atoms with van der Waals surface area (Å²) < 4.78 is 47.1. The van der Waals surface area contributed by atoms with E-state index < -0.39 is 15.8 Å². The number of halogens is 3. The summed E-state index contributed by atoms with van der Waals surface area (Å²) in [5, 5.41) is 9.85. The molecule has 2 N–H and O–H groups in total. The molecule has 0 bridgehead atoms. The van der Waals surface area contributed by atoms with Gasteiger partial charge < -0.3 is 9.84 Å². The number of benzene rings is 2. The van der Waals surface area contributed by atoms with E-state index in [1.807, 2.05) is 0 Å². The smallest absolute Gasteiger partial charge is 0.281 e. The Morgan fingerprint density at radius 3 is 2.69 bits per heavy atom. The van der Waals surface area contributed by atoms with Gasteiger partial charge in [0, 0.05) is 17.3 Å². The number of nitrogens with zero attached hydrogens (tertiary/aromatic N) is 3. The van der Waals surface area contributed by atoms with Crippen molar-refractivity contribution >= 4 is 61.6 Å². The van der Waals surface area contributed by atoms with E-state index in [0.29, 0.717) is 28.1 Å². The lowest BCUT2D eigenvalue weighted by Gasteiger charge is -2.08. The lowest BCUT2D eigenvalue weighted by Crippen LogP contribution is -2.15. The molecule has 0 aliphatic heterocycles. The zero-order valence-corrected chi connectivity index (χ0v) is 21.8. The van der Waals surface area contributed by atoms with Crippen molar-refractivity contribution in [1.29, 1.82) is 0 Å². The number of thiazole rings is 1. The second-order valence-corrected chi connectivity index (χ2v) is 11.0. The second kappa shape index (κ2) is 10.4. The molecule has 0 aliphatic rings. The monoisotopic (exact) mass is 566 g/mol. The number of hydrogen-bond acceptors (Lipinski definition) is 8. The Morgan fingerprint density at radius 2 is 2.00 bits per heavy atom. The minimum absolute atomic E-state index is 0.00671. The fourth-order valence-electron chi connectivity index (χ4n) is 3.18. The molecule has 2 aromatic heterocycles. The van der Waals surface area contributed by atoms with Crippen LogP contribution < -0.4 is 9.46 Å². The third-order valence-corrected chi connectivity index (χ3v) is 7.86. The van der Waals surface area contributed by atoms with Gasteiger partial charge in [-0.05, 0) is 48.9 Å². The van der Waals surface area contributed by atoms with Crippen molar-refractivity contribution in [2.24, 2.45) is 4.99 Å². The zero-order chi connectivity index (χ0) is 26.0. The third-order valence-electron chi connectivity index (χ3n) is 4.87. The number of nitrogens with one attached hydrogen (secondary N) is 1. The van der Waals surface area contributed by atoms with Gasteiger partial charge in [-0.3, -0.25) is 9.71 Å². The van der Waals surface area contributed by atoms with Crippen molar-refractivity contribution in [3.05, 3.63) is 75.0 Å². The molecular weight excluding hydrogens is 550 g/mol. The van der Waals surface area contributed by atoms with Gasteiger partial charge in [-0.2, -0.15) is 8.42 Å². The van der Waals surface area contributed by atoms with E-state index in [4.69, 9.17) is 27.9 Å². The third kappa shape index (κ3) is 5.44. The molecule has 0 aliphatic carbocycles. The highest BCUT2D eigenvalue weighted by Gasteiger charge is 2.22. The predicted octanol–water partition coefficient (Wildman–Crippen LogP) is 6.23. The lowest BCUT2D eigenvalue weighted by atomic mass is 10.2. The van der Waals surface area contributed by atoms with Crippen LogP contribution >= 0.6 is 34.5 Å². The Kier molecular flexibility index (Phi) is 7.46. The predicted molar refractivity (Wildman–Crippen MR) is 139 cm³/mol. The summed E-state index contributed by atoms with van der Waals surface area (Å²) in [6, 6.07) is 10.5. The van der Waals surface area contributed by atoms with E-state index in [1.165, 1.54) is 43.8 Å². The second-order valence-electron chi connectivity index (χ2n) is 7.35. The summed E-state index contributed by atoms with van der Waals surface area (Å²) in [5.41, 5.74) is 1.83. The molecule has 0 saturated carbocycles. The fraction of sp³-hybridized carbons (Fsp3) is 0.0870. The highest BCUT2D eigenvalue weighted by molar-refractivity contribution is 7.92. The first-order valence-corrected chi connectivity index (χ1v) is 13.2. The van der Waals surface area contributed by atoms with Gasteiger partial charge in [0.1, 0.15) is 15.8 Å². The Balaban J connectivity index is 1.56. The molecule has 2 aromatic carbocycles. The van der Waals surface area contributed by atoms with Gasteiger partial charge in [0.25, 0.3) is 10.0 Å². The van der Waals surface area contributed by atoms with Gasteiger partial charge >= 0.3 is 0 Å². The van der Waals surface area contributed by atoms with E-state index in [9.17, 15) is 17.9 Å². The molecular formula is C23H17Cl2FN4O4S2. The van der Waals surface area contributed by atoms with Gasteiger partial charge in [0.05, 0.1) is 24.0 Å². The zero-order valence-electron chi connectivity index (χ0n) is 18.7. The molecule has 4 aromatic rings. The number of aryl methyl sites for hydroxylation is 1. The SMILES string of the molecule is COc1cccc(/C=N/c2cnc(S(=O)(=O)Nc3nc(-c4ccc(F)c(Cl)c4)c(Cl)s3)c(C)c2)c1O. The Bertz CT molecular complexity index is 1590. The van der Waals surface area contributed by atoms with Crippen LogP contribution in [0.2, 0.25) is 9.36 Å². The van der Waals surface area contributed by atoms with Crippen LogP contribution in [0.3, 0.4) is 0 Å². The molecule has 0 saturated heterocycles. The Hall–Kier alpha value is -3.25. The van der Waals surface area contributed by atoms with Crippen LogP contribution in [0.25, 0.3) is 11.3 Å². The molecule has 0 radical (unpaired) electrons. The average molecular weight is 567 g/mol. The van der Waals surface area contributed by atoms with E-state index in [1.54, 1.807) is 25.1 Å². The molecule has 0 unspecified atom stereocenters. The van der Waals surface area contributed by atoms with Gasteiger partial charge in [0.2, 0.25) is 0 Å². The number of rotatable bonds is 7. The molecule has 186 valence electrons. The molecule has 2 heterocycles. The van der Waals surface area contributed by atoms with Crippen molar-refractivity contribution in [3.8, 4) is 22.8 Å². The number of para-hydroxylation sites is 1. The normalized spacial score (nSPS) is 11.7. The number of sulfonamides is 1. The van der Waals surface area contributed by atoms with Gasteiger partial charge in [0.15, 0.2) is 21.7 Å². The maximum absolute atomic E-state index is 13.5. The first kappa shape index (κ1) is 25.8. The summed E-state index contributed by atoms with van der Waals surface area (Å²) >= 11 is 13.0. The van der Waals surface area contributed by atoms with Crippen LogP contribution in [0.1, 0.15) is 11.1 Å². The first-order chi connectivity index (χ1) is 17.1. The van der Waals surface area contributed by atoms with Crippen LogP contribution in [-0.2, 0) is 10.0 Å². The number of hydrogen-bond donors (Lipinski definition) is 2. The Morgan fingerprint density at radius 1 is 1.22 bits per heavy atom. The topological polar surface area (TPSA) is 114 Å². The quantitative estimate of drug-likeness (QED) is 0.256. The number of aromatic nitrogens is 2. The minimum Gasteiger partial charge on any atom is -0.504 e. The van der Waals surface area contributed by atoms with Crippen LogP contribution in [0.5, 0.6) is 11.5 Å². The first-order valence-electron chi connectivity index (χ1n) is 10.1. The van der Waals surface area contributed by atoms with Gasteiger partial charge in [-0.1, -0.05) is 40.6 Å². The fourth-order valence-corrected chi connectivity index (χ4v) is 5.84. The summed E-state index contributed by atoms with van der Waals surface area (Å²) in [6.07, 6.45) is 2.71. The van der Waals surface area contributed by atoms with Crippen LogP contribution in [0, 0.1) is 12.7 Å². The van der Waals surface area contributed by atoms with E-state index in [-0.39, 0.29) is 31.0 Å². The van der Waals surface area contributed by atoms with E-state index in [0.717, 1.165) is 11.3 Å². The number of aromatic hydroxyl groups is 1. The number of pyridine rings is 1. The van der Waals surface area contributed by atoms with Crippen molar-refractivity contribution in [3.63, 3.8) is 0 Å². The van der Waals surface area contributed by atoms with Crippen LogP contribution in [-0.4, -0.2) is 36.8 Å². The molecule has 8 nitrogen and oxygen atoms in total. The molecule has 0 atom stereocenters. The summed E-state index contributed by atoms with van der Waals surface area (Å²) in [6.45, 7) is 1.57. The summed E-state index contributed by atoms with van der Waals surface area (Å²) in [5.74, 6) is -0.364. The molecule has 4 rings (SSSR count). The maximum atomic E-state index is 13.5. The maximum Gasteiger partial charge on any atom is 0.281 e. The van der Waals surface area contributed by atoms with Crippen LogP contribution in [0.4, 0.5) is 15.2 Å². The Labute approximate surface area is 220 Å². The molecule has 0 amide bonds. The lowest BCUT2D eigenvalue weighted by molar-refractivity contribution is 0.373. The van der Waals surface area contributed by atoms with Gasteiger partial charge in [-0.25, -0.2) is 14.4 Å². The van der Waals surface area contributed by atoms with Crippen molar-refractivity contribution in [2.75, 3.05) is 11.8 Å². The minimum atomic E-state index is -4.11. The van der Waals surface area contributed by atoms with E-state index >= 15 is 0 Å². The number of ether oxygens (including phenoxy) is 1. The highest BCUT2D eigenvalue weighted by Crippen LogP contribution is 2.37. The number of aliphatic imine (C=N–C) groups is 1. The molecule has 13 heteroatoms. The number of phenols is 1. The van der Waals surface area contributed by atoms with Crippen molar-refractivity contribution in [1.82, 2.24) is 9.97 Å². The van der Waals surface area contributed by atoms with Crippen molar-refractivity contribution in [2.45, 2.75) is 11.9 Å².